The summed E-state index contributed by atoms with van der Waals surface area (Å²) >= 11 is 0. The van der Waals surface area contributed by atoms with Gasteiger partial charge in [0.1, 0.15) is 6.10 Å². The van der Waals surface area contributed by atoms with Gasteiger partial charge in [0.2, 0.25) is 0 Å². The van der Waals surface area contributed by atoms with Gasteiger partial charge in [-0.05, 0) is 6.92 Å². The molecule has 1 aromatic heterocycles. The van der Waals surface area contributed by atoms with Gasteiger partial charge in [-0.3, -0.25) is 0 Å². The largest absolute Gasteiger partial charge is 0.468 e. The molecule has 1 aromatic rings. The Balaban J connectivity index is 3.05. The topological polar surface area (TPSA) is 72.3 Å². The SMILES string of the molecule is Cc1nc(C(F)(F)F)oc1C(O)CN. The van der Waals surface area contributed by atoms with E-state index in [0.29, 0.717) is 0 Å². The normalized spacial score (nSPS) is 14.4. The second-order valence-electron chi connectivity index (χ2n) is 2.72. The monoisotopic (exact) mass is 210 g/mol. The molecule has 0 radical (unpaired) electrons. The van der Waals surface area contributed by atoms with E-state index in [1.54, 1.807) is 0 Å². The Kier molecular flexibility index (Phi) is 2.81. The molecule has 1 atom stereocenters. The van der Waals surface area contributed by atoms with E-state index in [1.165, 1.54) is 6.92 Å². The molecule has 0 fully saturated rings. The second-order valence-corrected chi connectivity index (χ2v) is 2.72. The van der Waals surface area contributed by atoms with E-state index >= 15 is 0 Å². The fourth-order valence-corrected chi connectivity index (χ4v) is 0.946. The predicted molar refractivity (Wildman–Crippen MR) is 40.3 cm³/mol. The Morgan fingerprint density at radius 2 is 2.14 bits per heavy atom. The van der Waals surface area contributed by atoms with Gasteiger partial charge < -0.3 is 15.3 Å². The van der Waals surface area contributed by atoms with E-state index in [2.05, 4.69) is 9.40 Å². The third kappa shape index (κ3) is 2.05. The van der Waals surface area contributed by atoms with Crippen molar-refractivity contribution >= 4 is 0 Å². The number of aryl methyl sites for hydroxylation is 1. The number of alkyl halides is 3. The number of aliphatic hydroxyl groups is 1. The van der Waals surface area contributed by atoms with Crippen molar-refractivity contribution in [2.75, 3.05) is 6.54 Å². The first-order valence-electron chi connectivity index (χ1n) is 3.79. The van der Waals surface area contributed by atoms with Crippen molar-refractivity contribution in [3.05, 3.63) is 17.3 Å². The average Bonchev–Trinajstić information content (AvgIpc) is 2.45. The van der Waals surface area contributed by atoms with Crippen molar-refractivity contribution in [2.45, 2.75) is 19.2 Å². The van der Waals surface area contributed by atoms with Crippen LogP contribution in [0.4, 0.5) is 13.2 Å². The van der Waals surface area contributed by atoms with Crippen LogP contribution < -0.4 is 5.73 Å². The molecule has 14 heavy (non-hydrogen) atoms. The van der Waals surface area contributed by atoms with Gasteiger partial charge in [-0.1, -0.05) is 0 Å². The highest BCUT2D eigenvalue weighted by molar-refractivity contribution is 5.12. The molecule has 7 heteroatoms. The van der Waals surface area contributed by atoms with E-state index in [0.717, 1.165) is 0 Å². The fraction of sp³-hybridized carbons (Fsp3) is 0.571. The summed E-state index contributed by atoms with van der Waals surface area (Å²) in [5, 5.41) is 9.16. The number of nitrogens with two attached hydrogens (primary N) is 1. The van der Waals surface area contributed by atoms with Crippen LogP contribution in [0.1, 0.15) is 23.4 Å². The van der Waals surface area contributed by atoms with Crippen LogP contribution in [0.3, 0.4) is 0 Å². The summed E-state index contributed by atoms with van der Waals surface area (Å²) in [5.74, 6) is -1.60. The zero-order chi connectivity index (χ0) is 10.9. The summed E-state index contributed by atoms with van der Waals surface area (Å²) < 4.78 is 40.6. The fourth-order valence-electron chi connectivity index (χ4n) is 0.946. The minimum atomic E-state index is -4.64. The lowest BCUT2D eigenvalue weighted by Crippen LogP contribution is -2.11. The quantitative estimate of drug-likeness (QED) is 0.763. The highest BCUT2D eigenvalue weighted by atomic mass is 19.4. The molecule has 0 bridgehead atoms. The van der Waals surface area contributed by atoms with E-state index in [9.17, 15) is 13.2 Å². The molecule has 0 aliphatic carbocycles. The van der Waals surface area contributed by atoms with Crippen molar-refractivity contribution in [2.24, 2.45) is 5.73 Å². The third-order valence-corrected chi connectivity index (χ3v) is 1.60. The molecular formula is C7H9F3N2O2. The highest BCUT2D eigenvalue weighted by Gasteiger charge is 2.38. The van der Waals surface area contributed by atoms with Crippen LogP contribution in [0.15, 0.2) is 4.42 Å². The standard InChI is InChI=1S/C7H9F3N2O2/c1-3-5(4(13)2-11)14-6(12-3)7(8,9)10/h4,13H,2,11H2,1H3. The molecule has 80 valence electrons. The van der Waals surface area contributed by atoms with Crippen LogP contribution in [0.5, 0.6) is 0 Å². The number of hydrogen-bond acceptors (Lipinski definition) is 4. The first kappa shape index (κ1) is 11.0. The van der Waals surface area contributed by atoms with Gasteiger partial charge in [0.25, 0.3) is 0 Å². The molecule has 0 aliphatic rings. The lowest BCUT2D eigenvalue weighted by Gasteiger charge is -2.03. The van der Waals surface area contributed by atoms with Crippen LogP contribution in [0.25, 0.3) is 0 Å². The molecule has 3 N–H and O–H groups in total. The molecule has 0 amide bonds. The molecule has 0 saturated heterocycles. The van der Waals surface area contributed by atoms with Crippen molar-refractivity contribution in [3.63, 3.8) is 0 Å². The maximum Gasteiger partial charge on any atom is 0.468 e. The highest BCUT2D eigenvalue weighted by Crippen LogP contribution is 2.31. The summed E-state index contributed by atoms with van der Waals surface area (Å²) in [4.78, 5) is 3.14. The number of aromatic nitrogens is 1. The lowest BCUT2D eigenvalue weighted by atomic mass is 10.2. The lowest BCUT2D eigenvalue weighted by molar-refractivity contribution is -0.158. The van der Waals surface area contributed by atoms with Gasteiger partial charge in [-0.2, -0.15) is 13.2 Å². The number of oxazole rings is 1. The van der Waals surface area contributed by atoms with Gasteiger partial charge in [-0.15, -0.1) is 0 Å². The third-order valence-electron chi connectivity index (χ3n) is 1.60. The number of halogens is 3. The van der Waals surface area contributed by atoms with E-state index < -0.39 is 18.2 Å². The molecule has 1 rings (SSSR count). The van der Waals surface area contributed by atoms with Crippen molar-refractivity contribution in [3.8, 4) is 0 Å². The summed E-state index contributed by atoms with van der Waals surface area (Å²) in [6, 6.07) is 0. The predicted octanol–water partition coefficient (Wildman–Crippen LogP) is 0.994. The molecule has 4 nitrogen and oxygen atoms in total. The smallest absolute Gasteiger partial charge is 0.435 e. The average molecular weight is 210 g/mol. The number of nitrogens with zero attached hydrogens (tertiary/aromatic N) is 1. The zero-order valence-electron chi connectivity index (χ0n) is 7.30. The van der Waals surface area contributed by atoms with Crippen LogP contribution in [0, 0.1) is 6.92 Å². The minimum Gasteiger partial charge on any atom is -0.435 e. The van der Waals surface area contributed by atoms with Crippen LogP contribution >= 0.6 is 0 Å². The molecule has 1 heterocycles. The maximum atomic E-state index is 12.1. The molecule has 0 saturated carbocycles. The molecule has 0 aromatic carbocycles. The van der Waals surface area contributed by atoms with E-state index in [-0.39, 0.29) is 18.0 Å². The van der Waals surface area contributed by atoms with Gasteiger partial charge >= 0.3 is 12.1 Å². The minimum absolute atomic E-state index is 0.00437. The second kappa shape index (κ2) is 3.58. The van der Waals surface area contributed by atoms with Crippen LogP contribution in [0.2, 0.25) is 0 Å². The van der Waals surface area contributed by atoms with Crippen molar-refractivity contribution in [1.29, 1.82) is 0 Å². The summed E-state index contributed by atoms with van der Waals surface area (Å²) in [6.45, 7) is 1.10. The molecule has 1 unspecified atom stereocenters. The van der Waals surface area contributed by atoms with E-state index in [4.69, 9.17) is 10.8 Å². The summed E-state index contributed by atoms with van der Waals surface area (Å²) in [7, 11) is 0. The first-order valence-corrected chi connectivity index (χ1v) is 3.79. The van der Waals surface area contributed by atoms with Gasteiger partial charge in [0.15, 0.2) is 5.76 Å². The zero-order valence-corrected chi connectivity index (χ0v) is 7.30. The van der Waals surface area contributed by atoms with Gasteiger partial charge in [-0.25, -0.2) is 4.98 Å². The summed E-state index contributed by atoms with van der Waals surface area (Å²) in [5.41, 5.74) is 5.07. The van der Waals surface area contributed by atoms with Crippen molar-refractivity contribution < 1.29 is 22.7 Å². The Labute approximate surface area is 77.5 Å². The molecule has 0 aliphatic heterocycles. The Hall–Kier alpha value is -1.08. The van der Waals surface area contributed by atoms with Gasteiger partial charge in [0, 0.05) is 6.54 Å². The van der Waals surface area contributed by atoms with Crippen LogP contribution in [-0.4, -0.2) is 16.6 Å². The molecular weight excluding hydrogens is 201 g/mol. The summed E-state index contributed by atoms with van der Waals surface area (Å²) in [6.07, 6.45) is -5.89. The maximum absolute atomic E-state index is 12.1. The van der Waals surface area contributed by atoms with E-state index in [1.807, 2.05) is 0 Å². The first-order chi connectivity index (χ1) is 6.36. The Morgan fingerprint density at radius 3 is 2.50 bits per heavy atom. The Bertz CT molecular complexity index is 321. The van der Waals surface area contributed by atoms with Crippen molar-refractivity contribution in [1.82, 2.24) is 4.98 Å². The van der Waals surface area contributed by atoms with Gasteiger partial charge in [0.05, 0.1) is 5.69 Å². The Morgan fingerprint density at radius 1 is 1.57 bits per heavy atom. The van der Waals surface area contributed by atoms with Crippen LogP contribution in [-0.2, 0) is 6.18 Å². The molecule has 0 spiro atoms. The number of rotatable bonds is 2. The number of aliphatic hydroxyl groups excluding tert-OH is 1. The number of hydrogen-bond donors (Lipinski definition) is 2.